The standard InChI is InChI=1S/C18H19Cl3N2O3/c1-23-6-4-12(5-7-23)22-18(24)16-3-2-13(26-16)10-25-17-14(20)8-11(19)9-15(17)21/h2-3,8-9,12H,4-7,10H2,1H3,(H,22,24). The third kappa shape index (κ3) is 4.86. The molecule has 3 rings (SSSR count). The number of amides is 1. The zero-order valence-corrected chi connectivity index (χ0v) is 16.5. The van der Waals surface area contributed by atoms with E-state index in [2.05, 4.69) is 17.3 Å². The molecular formula is C18H19Cl3N2O3. The molecule has 1 saturated heterocycles. The van der Waals surface area contributed by atoms with Gasteiger partial charge in [-0.25, -0.2) is 0 Å². The monoisotopic (exact) mass is 416 g/mol. The molecule has 0 radical (unpaired) electrons. The number of carbonyl (C=O) groups excluding carboxylic acids is 1. The largest absolute Gasteiger partial charge is 0.483 e. The molecule has 0 bridgehead atoms. The van der Waals surface area contributed by atoms with Crippen molar-refractivity contribution >= 4 is 40.7 Å². The first-order valence-corrected chi connectivity index (χ1v) is 9.41. The molecule has 26 heavy (non-hydrogen) atoms. The topological polar surface area (TPSA) is 54.7 Å². The SMILES string of the molecule is CN1CCC(NC(=O)c2ccc(COc3c(Cl)cc(Cl)cc3Cl)o2)CC1. The van der Waals surface area contributed by atoms with Crippen LogP contribution in [-0.4, -0.2) is 37.0 Å². The molecule has 0 aliphatic carbocycles. The van der Waals surface area contributed by atoms with E-state index >= 15 is 0 Å². The number of halogens is 3. The molecule has 2 heterocycles. The predicted molar refractivity (Wildman–Crippen MR) is 102 cm³/mol. The summed E-state index contributed by atoms with van der Waals surface area (Å²) in [4.78, 5) is 14.6. The highest BCUT2D eigenvalue weighted by molar-refractivity contribution is 6.40. The van der Waals surface area contributed by atoms with Crippen LogP contribution in [0.5, 0.6) is 5.75 Å². The molecule has 2 aromatic rings. The van der Waals surface area contributed by atoms with Crippen LogP contribution < -0.4 is 10.1 Å². The molecule has 1 amide bonds. The zero-order valence-electron chi connectivity index (χ0n) is 14.2. The highest BCUT2D eigenvalue weighted by atomic mass is 35.5. The smallest absolute Gasteiger partial charge is 0.287 e. The van der Waals surface area contributed by atoms with Crippen molar-refractivity contribution in [3.8, 4) is 5.75 Å². The lowest BCUT2D eigenvalue weighted by Gasteiger charge is -2.29. The Kier molecular flexibility index (Phi) is 6.35. The summed E-state index contributed by atoms with van der Waals surface area (Å²) >= 11 is 18.0. The first kappa shape index (κ1) is 19.4. The second-order valence-electron chi connectivity index (χ2n) is 6.30. The highest BCUT2D eigenvalue weighted by Gasteiger charge is 2.21. The summed E-state index contributed by atoms with van der Waals surface area (Å²) in [6.45, 7) is 2.05. The average Bonchev–Trinajstić information content (AvgIpc) is 3.05. The van der Waals surface area contributed by atoms with Gasteiger partial charge in [-0.1, -0.05) is 34.8 Å². The van der Waals surface area contributed by atoms with Gasteiger partial charge in [-0.15, -0.1) is 0 Å². The Balaban J connectivity index is 1.57. The lowest BCUT2D eigenvalue weighted by molar-refractivity contribution is 0.0884. The number of nitrogens with zero attached hydrogens (tertiary/aromatic N) is 1. The van der Waals surface area contributed by atoms with E-state index in [1.165, 1.54) is 0 Å². The Morgan fingerprint density at radius 2 is 1.88 bits per heavy atom. The van der Waals surface area contributed by atoms with Gasteiger partial charge in [-0.3, -0.25) is 4.79 Å². The quantitative estimate of drug-likeness (QED) is 0.770. The van der Waals surface area contributed by atoms with E-state index in [1.807, 2.05) is 0 Å². The van der Waals surface area contributed by atoms with Crippen LogP contribution >= 0.6 is 34.8 Å². The van der Waals surface area contributed by atoms with Crippen LogP contribution in [0.3, 0.4) is 0 Å². The molecule has 0 saturated carbocycles. The normalized spacial score (nSPS) is 15.8. The molecule has 0 unspecified atom stereocenters. The van der Waals surface area contributed by atoms with Crippen LogP contribution in [0.2, 0.25) is 15.1 Å². The van der Waals surface area contributed by atoms with Gasteiger partial charge in [0.15, 0.2) is 11.5 Å². The fourth-order valence-corrected chi connectivity index (χ4v) is 3.72. The van der Waals surface area contributed by atoms with Crippen molar-refractivity contribution in [2.45, 2.75) is 25.5 Å². The molecule has 140 valence electrons. The number of hydrogen-bond acceptors (Lipinski definition) is 4. The Morgan fingerprint density at radius 1 is 1.23 bits per heavy atom. The van der Waals surface area contributed by atoms with Crippen LogP contribution in [0.4, 0.5) is 0 Å². The van der Waals surface area contributed by atoms with E-state index in [9.17, 15) is 4.79 Å². The molecule has 1 aliphatic heterocycles. The Hall–Kier alpha value is -1.40. The van der Waals surface area contributed by atoms with E-state index in [-0.39, 0.29) is 24.3 Å². The van der Waals surface area contributed by atoms with E-state index < -0.39 is 0 Å². The van der Waals surface area contributed by atoms with Gasteiger partial charge in [-0.2, -0.15) is 0 Å². The van der Waals surface area contributed by atoms with Crippen molar-refractivity contribution in [1.29, 1.82) is 0 Å². The molecular weight excluding hydrogens is 399 g/mol. The van der Waals surface area contributed by atoms with E-state index in [0.29, 0.717) is 26.6 Å². The van der Waals surface area contributed by atoms with Gasteiger partial charge >= 0.3 is 0 Å². The summed E-state index contributed by atoms with van der Waals surface area (Å²) in [5.74, 6) is 0.872. The van der Waals surface area contributed by atoms with Crippen molar-refractivity contribution in [1.82, 2.24) is 10.2 Å². The van der Waals surface area contributed by atoms with Crippen molar-refractivity contribution in [3.05, 3.63) is 50.9 Å². The maximum Gasteiger partial charge on any atom is 0.287 e. The van der Waals surface area contributed by atoms with Gasteiger partial charge in [0.25, 0.3) is 5.91 Å². The van der Waals surface area contributed by atoms with Gasteiger partial charge < -0.3 is 19.4 Å². The third-order valence-electron chi connectivity index (χ3n) is 4.26. The van der Waals surface area contributed by atoms with E-state index in [4.69, 9.17) is 44.0 Å². The minimum absolute atomic E-state index is 0.0998. The molecule has 0 spiro atoms. The van der Waals surface area contributed by atoms with Gasteiger partial charge in [0.2, 0.25) is 0 Å². The summed E-state index contributed by atoms with van der Waals surface area (Å²) in [6.07, 6.45) is 1.87. The van der Waals surface area contributed by atoms with Crippen molar-refractivity contribution < 1.29 is 13.9 Å². The number of likely N-dealkylation sites (tertiary alicyclic amines) is 1. The van der Waals surface area contributed by atoms with Gasteiger partial charge in [0.1, 0.15) is 12.4 Å². The fraction of sp³-hybridized carbons (Fsp3) is 0.389. The molecule has 1 aromatic carbocycles. The molecule has 1 aliphatic rings. The van der Waals surface area contributed by atoms with Crippen LogP contribution in [0, 0.1) is 0 Å². The summed E-state index contributed by atoms with van der Waals surface area (Å²) in [6, 6.07) is 6.60. The van der Waals surface area contributed by atoms with Crippen LogP contribution in [0.25, 0.3) is 0 Å². The number of rotatable bonds is 5. The number of hydrogen-bond donors (Lipinski definition) is 1. The average molecular weight is 418 g/mol. The maximum absolute atomic E-state index is 12.3. The van der Waals surface area contributed by atoms with Crippen LogP contribution in [0.15, 0.2) is 28.7 Å². The van der Waals surface area contributed by atoms with Gasteiger partial charge in [-0.05, 0) is 57.2 Å². The molecule has 8 heteroatoms. The minimum atomic E-state index is -0.214. The summed E-state index contributed by atoms with van der Waals surface area (Å²) in [7, 11) is 2.08. The zero-order chi connectivity index (χ0) is 18.7. The number of furan rings is 1. The lowest BCUT2D eigenvalue weighted by atomic mass is 10.1. The molecule has 1 aromatic heterocycles. The van der Waals surface area contributed by atoms with Crippen LogP contribution in [0.1, 0.15) is 29.2 Å². The number of carbonyl (C=O) groups is 1. The lowest BCUT2D eigenvalue weighted by Crippen LogP contribution is -2.43. The number of benzene rings is 1. The predicted octanol–water partition coefficient (Wildman–Crippen LogP) is 4.64. The first-order valence-electron chi connectivity index (χ1n) is 8.28. The molecule has 1 fully saturated rings. The van der Waals surface area contributed by atoms with Crippen molar-refractivity contribution in [3.63, 3.8) is 0 Å². The summed E-state index contributed by atoms with van der Waals surface area (Å²) in [5, 5.41) is 4.07. The number of ether oxygens (including phenoxy) is 1. The molecule has 5 nitrogen and oxygen atoms in total. The van der Waals surface area contributed by atoms with Crippen molar-refractivity contribution in [2.24, 2.45) is 0 Å². The fourth-order valence-electron chi connectivity index (χ4n) is 2.80. The molecule has 1 N–H and O–H groups in total. The second-order valence-corrected chi connectivity index (χ2v) is 7.56. The number of nitrogens with one attached hydrogen (secondary N) is 1. The Labute approximate surface area is 167 Å². The van der Waals surface area contributed by atoms with Gasteiger partial charge in [0.05, 0.1) is 10.0 Å². The van der Waals surface area contributed by atoms with Gasteiger partial charge in [0, 0.05) is 11.1 Å². The maximum atomic E-state index is 12.3. The Morgan fingerprint density at radius 3 is 2.54 bits per heavy atom. The number of piperidine rings is 1. The van der Waals surface area contributed by atoms with E-state index in [1.54, 1.807) is 24.3 Å². The first-order chi connectivity index (χ1) is 12.4. The molecule has 0 atom stereocenters. The van der Waals surface area contributed by atoms with Crippen molar-refractivity contribution in [2.75, 3.05) is 20.1 Å². The third-order valence-corrected chi connectivity index (χ3v) is 5.04. The van der Waals surface area contributed by atoms with Crippen LogP contribution in [-0.2, 0) is 6.61 Å². The highest BCUT2D eigenvalue weighted by Crippen LogP contribution is 2.36. The van der Waals surface area contributed by atoms with E-state index in [0.717, 1.165) is 25.9 Å². The second kappa shape index (κ2) is 8.53. The Bertz CT molecular complexity index is 763. The summed E-state index contributed by atoms with van der Waals surface area (Å²) in [5.41, 5.74) is 0. The minimum Gasteiger partial charge on any atom is -0.483 e. The summed E-state index contributed by atoms with van der Waals surface area (Å²) < 4.78 is 11.2.